The molecule has 0 spiro atoms. The second-order valence-corrected chi connectivity index (χ2v) is 5.22. The Kier molecular flexibility index (Phi) is 5.75. The van der Waals surface area contributed by atoms with Crippen molar-refractivity contribution in [3.63, 3.8) is 0 Å². The number of hydrogen-bond acceptors (Lipinski definition) is 3. The maximum Gasteiger partial charge on any atom is 0.303 e. The highest BCUT2D eigenvalue weighted by Crippen LogP contribution is 2.20. The van der Waals surface area contributed by atoms with Gasteiger partial charge in [0.1, 0.15) is 0 Å². The van der Waals surface area contributed by atoms with E-state index in [2.05, 4.69) is 0 Å². The Hall–Kier alpha value is -1.88. The molecule has 0 radical (unpaired) electrons. The van der Waals surface area contributed by atoms with Crippen molar-refractivity contribution in [2.24, 2.45) is 0 Å². The molecule has 1 amide bonds. The number of amides is 1. The topological polar surface area (TPSA) is 66.8 Å². The molecule has 2 rings (SSSR count). The van der Waals surface area contributed by atoms with Crippen molar-refractivity contribution >= 4 is 17.6 Å². The van der Waals surface area contributed by atoms with E-state index in [1.807, 2.05) is 30.3 Å². The number of para-hydroxylation sites is 1. The van der Waals surface area contributed by atoms with Gasteiger partial charge in [0, 0.05) is 25.3 Å². The van der Waals surface area contributed by atoms with E-state index in [1.165, 1.54) is 0 Å². The Bertz CT molecular complexity index is 468. The molecule has 1 aliphatic rings. The maximum atomic E-state index is 12.5. The second kappa shape index (κ2) is 7.78. The average Bonchev–Trinajstić information content (AvgIpc) is 2.97. The Morgan fingerprint density at radius 1 is 1.29 bits per heavy atom. The third kappa shape index (κ3) is 4.86. The minimum atomic E-state index is -0.838. The van der Waals surface area contributed by atoms with Crippen LogP contribution in [-0.4, -0.2) is 36.2 Å². The van der Waals surface area contributed by atoms with Crippen LogP contribution in [0.15, 0.2) is 30.3 Å². The molecule has 1 aromatic carbocycles. The summed E-state index contributed by atoms with van der Waals surface area (Å²) in [5.41, 5.74) is 0.811. The van der Waals surface area contributed by atoms with E-state index >= 15 is 0 Å². The van der Waals surface area contributed by atoms with Gasteiger partial charge in [0.25, 0.3) is 0 Å². The summed E-state index contributed by atoms with van der Waals surface area (Å²) in [6, 6.07) is 9.38. The summed E-state index contributed by atoms with van der Waals surface area (Å²) in [5, 5.41) is 8.74. The summed E-state index contributed by atoms with van der Waals surface area (Å²) >= 11 is 0. The normalized spacial score (nSPS) is 17.6. The first kappa shape index (κ1) is 15.5. The number of benzene rings is 1. The van der Waals surface area contributed by atoms with Crippen molar-refractivity contribution in [1.29, 1.82) is 0 Å². The fraction of sp³-hybridized carbons (Fsp3) is 0.500. The van der Waals surface area contributed by atoms with Gasteiger partial charge in [-0.25, -0.2) is 0 Å². The van der Waals surface area contributed by atoms with Gasteiger partial charge in [-0.3, -0.25) is 9.59 Å². The number of anilines is 1. The van der Waals surface area contributed by atoms with Crippen molar-refractivity contribution in [1.82, 2.24) is 0 Å². The molecule has 5 heteroatoms. The number of carbonyl (C=O) groups is 2. The average molecular weight is 291 g/mol. The van der Waals surface area contributed by atoms with Crippen LogP contribution in [0.5, 0.6) is 0 Å². The van der Waals surface area contributed by atoms with Gasteiger partial charge in [0.2, 0.25) is 5.91 Å². The maximum absolute atomic E-state index is 12.5. The van der Waals surface area contributed by atoms with E-state index in [0.29, 0.717) is 19.4 Å². The van der Waals surface area contributed by atoms with Gasteiger partial charge in [-0.15, -0.1) is 0 Å². The summed E-state index contributed by atoms with van der Waals surface area (Å²) in [6.07, 6.45) is 2.80. The van der Waals surface area contributed by atoms with Gasteiger partial charge in [0.05, 0.1) is 12.5 Å². The third-order valence-corrected chi connectivity index (χ3v) is 3.57. The van der Waals surface area contributed by atoms with E-state index in [0.717, 1.165) is 25.1 Å². The SMILES string of the molecule is O=C(O)CCCN(C(=O)CC1CCCO1)c1ccccc1. The van der Waals surface area contributed by atoms with Crippen LogP contribution in [0, 0.1) is 0 Å². The van der Waals surface area contributed by atoms with Crippen LogP contribution in [0.1, 0.15) is 32.1 Å². The number of carboxylic acids is 1. The first-order valence-electron chi connectivity index (χ1n) is 7.35. The predicted molar refractivity (Wildman–Crippen MR) is 79.3 cm³/mol. The molecule has 114 valence electrons. The van der Waals surface area contributed by atoms with Gasteiger partial charge >= 0.3 is 5.97 Å². The number of hydrogen-bond donors (Lipinski definition) is 1. The highest BCUT2D eigenvalue weighted by molar-refractivity contribution is 5.93. The lowest BCUT2D eigenvalue weighted by atomic mass is 10.1. The molecule has 0 saturated carbocycles. The summed E-state index contributed by atoms with van der Waals surface area (Å²) in [5.74, 6) is -0.840. The molecule has 1 N–H and O–H groups in total. The largest absolute Gasteiger partial charge is 0.481 e. The van der Waals surface area contributed by atoms with E-state index in [9.17, 15) is 9.59 Å². The molecule has 1 fully saturated rings. The van der Waals surface area contributed by atoms with E-state index < -0.39 is 5.97 Å². The smallest absolute Gasteiger partial charge is 0.303 e. The Labute approximate surface area is 124 Å². The zero-order valence-corrected chi connectivity index (χ0v) is 12.0. The van der Waals surface area contributed by atoms with Gasteiger partial charge in [0.15, 0.2) is 0 Å². The molecule has 0 aromatic heterocycles. The molecule has 21 heavy (non-hydrogen) atoms. The van der Waals surface area contributed by atoms with Crippen LogP contribution in [0.25, 0.3) is 0 Å². The molecule has 1 unspecified atom stereocenters. The molecular formula is C16H21NO4. The van der Waals surface area contributed by atoms with Gasteiger partial charge in [-0.05, 0) is 31.4 Å². The lowest BCUT2D eigenvalue weighted by Gasteiger charge is -2.24. The third-order valence-electron chi connectivity index (χ3n) is 3.57. The monoisotopic (exact) mass is 291 g/mol. The van der Waals surface area contributed by atoms with Crippen LogP contribution in [0.2, 0.25) is 0 Å². The molecule has 1 aliphatic heterocycles. The molecule has 1 saturated heterocycles. The quantitative estimate of drug-likeness (QED) is 0.838. The molecule has 0 bridgehead atoms. The van der Waals surface area contributed by atoms with Gasteiger partial charge in [-0.1, -0.05) is 18.2 Å². The summed E-state index contributed by atoms with van der Waals surface area (Å²) < 4.78 is 5.51. The number of nitrogens with zero attached hydrogens (tertiary/aromatic N) is 1. The highest BCUT2D eigenvalue weighted by Gasteiger charge is 2.23. The number of carboxylic acid groups (broad SMARTS) is 1. The zero-order chi connectivity index (χ0) is 15.1. The summed E-state index contributed by atoms with van der Waals surface area (Å²) in [6.45, 7) is 1.14. The molecule has 1 aromatic rings. The summed E-state index contributed by atoms with van der Waals surface area (Å²) in [7, 11) is 0. The van der Waals surface area contributed by atoms with Crippen LogP contribution in [-0.2, 0) is 14.3 Å². The summed E-state index contributed by atoms with van der Waals surface area (Å²) in [4.78, 5) is 24.8. The standard InChI is InChI=1S/C16H21NO4/c18-15(12-14-8-5-11-21-14)17(10-4-9-16(19)20)13-6-2-1-3-7-13/h1-3,6-7,14H,4-5,8-12H2,(H,19,20). The molecule has 1 heterocycles. The lowest BCUT2D eigenvalue weighted by molar-refractivity contribution is -0.137. The Morgan fingerprint density at radius 3 is 2.67 bits per heavy atom. The zero-order valence-electron chi connectivity index (χ0n) is 12.0. The van der Waals surface area contributed by atoms with Crippen molar-refractivity contribution in [3.8, 4) is 0 Å². The van der Waals surface area contributed by atoms with Gasteiger partial charge in [-0.2, -0.15) is 0 Å². The van der Waals surface area contributed by atoms with Crippen molar-refractivity contribution in [2.45, 2.75) is 38.2 Å². The Morgan fingerprint density at radius 2 is 2.05 bits per heavy atom. The first-order valence-corrected chi connectivity index (χ1v) is 7.35. The van der Waals surface area contributed by atoms with E-state index in [-0.39, 0.29) is 18.4 Å². The van der Waals surface area contributed by atoms with Crippen LogP contribution in [0.3, 0.4) is 0 Å². The highest BCUT2D eigenvalue weighted by atomic mass is 16.5. The number of carbonyl (C=O) groups excluding carboxylic acids is 1. The lowest BCUT2D eigenvalue weighted by Crippen LogP contribution is -2.34. The van der Waals surface area contributed by atoms with Crippen molar-refractivity contribution < 1.29 is 19.4 Å². The van der Waals surface area contributed by atoms with Gasteiger partial charge < -0.3 is 14.7 Å². The first-order chi connectivity index (χ1) is 10.2. The molecule has 1 atom stereocenters. The minimum Gasteiger partial charge on any atom is -0.481 e. The Balaban J connectivity index is 1.99. The number of ether oxygens (including phenoxy) is 1. The van der Waals surface area contributed by atoms with Crippen LogP contribution < -0.4 is 4.90 Å². The van der Waals surface area contributed by atoms with E-state index in [1.54, 1.807) is 4.90 Å². The molecular weight excluding hydrogens is 270 g/mol. The fourth-order valence-corrected chi connectivity index (χ4v) is 2.50. The molecule has 5 nitrogen and oxygen atoms in total. The van der Waals surface area contributed by atoms with Crippen LogP contribution >= 0.6 is 0 Å². The van der Waals surface area contributed by atoms with E-state index in [4.69, 9.17) is 9.84 Å². The van der Waals surface area contributed by atoms with Crippen molar-refractivity contribution in [2.75, 3.05) is 18.1 Å². The predicted octanol–water partition coefficient (Wildman–Crippen LogP) is 2.45. The fourth-order valence-electron chi connectivity index (χ4n) is 2.50. The molecule has 0 aliphatic carbocycles. The van der Waals surface area contributed by atoms with Crippen molar-refractivity contribution in [3.05, 3.63) is 30.3 Å². The number of aliphatic carboxylic acids is 1. The minimum absolute atomic E-state index is 0.00140. The van der Waals surface area contributed by atoms with Crippen LogP contribution in [0.4, 0.5) is 5.69 Å². The second-order valence-electron chi connectivity index (χ2n) is 5.22. The number of rotatable bonds is 7.